The van der Waals surface area contributed by atoms with Crippen LogP contribution in [0.15, 0.2) is 48.5 Å². The number of benzene rings is 2. The molecule has 142 valence electrons. The van der Waals surface area contributed by atoms with Crippen molar-refractivity contribution < 1.29 is 19.1 Å². The van der Waals surface area contributed by atoms with E-state index in [1.54, 1.807) is 37.4 Å². The van der Waals surface area contributed by atoms with Gasteiger partial charge in [-0.05, 0) is 48.4 Å². The van der Waals surface area contributed by atoms with Crippen molar-refractivity contribution in [3.8, 4) is 5.75 Å². The first-order chi connectivity index (χ1) is 12.9. The first kappa shape index (κ1) is 20.8. The third-order valence-electron chi connectivity index (χ3n) is 3.64. The van der Waals surface area contributed by atoms with Crippen LogP contribution >= 0.6 is 23.2 Å². The molecule has 2 aromatic carbocycles. The minimum Gasteiger partial charge on any atom is -0.497 e. The number of hydrogen-bond acceptors (Lipinski definition) is 4. The van der Waals surface area contributed by atoms with Crippen molar-refractivity contribution in [2.45, 2.75) is 19.6 Å². The summed E-state index contributed by atoms with van der Waals surface area (Å²) >= 11 is 11.8. The Morgan fingerprint density at radius 1 is 1.11 bits per heavy atom. The van der Waals surface area contributed by atoms with E-state index in [9.17, 15) is 9.59 Å². The van der Waals surface area contributed by atoms with Gasteiger partial charge in [0.05, 0.1) is 17.2 Å². The summed E-state index contributed by atoms with van der Waals surface area (Å²) in [7, 11) is 1.59. The SMILES string of the molecule is COc1ccc(CNC(=O)[C@H](C)OC(=O)/C=C/c2ccc(Cl)c(Cl)c2)cc1. The van der Waals surface area contributed by atoms with Gasteiger partial charge in [-0.1, -0.05) is 41.4 Å². The summed E-state index contributed by atoms with van der Waals surface area (Å²) in [5.74, 6) is -0.281. The molecule has 0 spiro atoms. The maximum absolute atomic E-state index is 12.1. The predicted molar refractivity (Wildman–Crippen MR) is 106 cm³/mol. The molecule has 0 bridgehead atoms. The van der Waals surface area contributed by atoms with Gasteiger partial charge in [-0.2, -0.15) is 0 Å². The lowest BCUT2D eigenvalue weighted by molar-refractivity contribution is -0.150. The Morgan fingerprint density at radius 3 is 2.44 bits per heavy atom. The van der Waals surface area contributed by atoms with Crippen LogP contribution in [0.2, 0.25) is 10.0 Å². The van der Waals surface area contributed by atoms with Gasteiger partial charge in [-0.15, -0.1) is 0 Å². The van der Waals surface area contributed by atoms with E-state index < -0.39 is 12.1 Å². The Kier molecular flexibility index (Phi) is 7.70. The van der Waals surface area contributed by atoms with Crippen molar-refractivity contribution in [2.24, 2.45) is 0 Å². The number of carbonyl (C=O) groups is 2. The number of rotatable bonds is 7. The molecule has 7 heteroatoms. The quantitative estimate of drug-likeness (QED) is 0.549. The van der Waals surface area contributed by atoms with Gasteiger partial charge < -0.3 is 14.8 Å². The van der Waals surface area contributed by atoms with Gasteiger partial charge in [-0.3, -0.25) is 4.79 Å². The molecule has 1 atom stereocenters. The van der Waals surface area contributed by atoms with Crippen LogP contribution in [0.5, 0.6) is 5.75 Å². The van der Waals surface area contributed by atoms with Gasteiger partial charge in [0.2, 0.25) is 0 Å². The molecule has 0 aliphatic rings. The van der Waals surface area contributed by atoms with Crippen LogP contribution < -0.4 is 10.1 Å². The van der Waals surface area contributed by atoms with Crippen LogP contribution in [0.1, 0.15) is 18.1 Å². The molecule has 0 heterocycles. The Bertz CT molecular complexity index is 834. The van der Waals surface area contributed by atoms with Crippen LogP contribution in [-0.2, 0) is 20.9 Å². The summed E-state index contributed by atoms with van der Waals surface area (Å²) in [6.45, 7) is 1.83. The van der Waals surface area contributed by atoms with Gasteiger partial charge in [0.1, 0.15) is 5.75 Å². The molecule has 0 radical (unpaired) electrons. The molecule has 0 fully saturated rings. The number of hydrogen-bond donors (Lipinski definition) is 1. The van der Waals surface area contributed by atoms with Gasteiger partial charge in [0, 0.05) is 12.6 Å². The lowest BCUT2D eigenvalue weighted by Gasteiger charge is -2.12. The Labute approximate surface area is 167 Å². The fourth-order valence-electron chi connectivity index (χ4n) is 2.12. The van der Waals surface area contributed by atoms with Crippen LogP contribution in [-0.4, -0.2) is 25.1 Å². The second-order valence-corrected chi connectivity index (χ2v) is 6.47. The molecule has 0 aliphatic heterocycles. The number of ether oxygens (including phenoxy) is 2. The van der Waals surface area contributed by atoms with Gasteiger partial charge >= 0.3 is 5.97 Å². The topological polar surface area (TPSA) is 64.6 Å². The molecule has 2 aromatic rings. The number of halogens is 2. The number of esters is 1. The van der Waals surface area contributed by atoms with E-state index in [2.05, 4.69) is 5.32 Å². The van der Waals surface area contributed by atoms with E-state index in [4.69, 9.17) is 32.7 Å². The van der Waals surface area contributed by atoms with Crippen molar-refractivity contribution in [2.75, 3.05) is 7.11 Å². The van der Waals surface area contributed by atoms with E-state index in [0.29, 0.717) is 22.2 Å². The summed E-state index contributed by atoms with van der Waals surface area (Å²) in [4.78, 5) is 23.9. The zero-order valence-electron chi connectivity index (χ0n) is 14.9. The standard InChI is InChI=1S/C20H19Cl2NO4/c1-13(20(25)23-12-15-3-7-16(26-2)8-4-15)27-19(24)10-6-14-5-9-17(21)18(22)11-14/h3-11,13H,12H2,1-2H3,(H,23,25)/b10-6+/t13-/m0/s1. The minimum atomic E-state index is -0.922. The Hall–Kier alpha value is -2.50. The Morgan fingerprint density at radius 2 is 1.81 bits per heavy atom. The maximum atomic E-state index is 12.1. The Balaban J connectivity index is 1.82. The van der Waals surface area contributed by atoms with Crippen molar-refractivity contribution in [3.63, 3.8) is 0 Å². The molecule has 0 saturated heterocycles. The van der Waals surface area contributed by atoms with Crippen LogP contribution in [0, 0.1) is 0 Å². The van der Waals surface area contributed by atoms with Crippen molar-refractivity contribution in [1.82, 2.24) is 5.32 Å². The highest BCUT2D eigenvalue weighted by molar-refractivity contribution is 6.42. The third kappa shape index (κ3) is 6.62. The smallest absolute Gasteiger partial charge is 0.331 e. The second kappa shape index (κ2) is 10.00. The zero-order valence-corrected chi connectivity index (χ0v) is 16.4. The highest BCUT2D eigenvalue weighted by Crippen LogP contribution is 2.23. The highest BCUT2D eigenvalue weighted by Gasteiger charge is 2.16. The number of carbonyl (C=O) groups excluding carboxylic acids is 2. The lowest BCUT2D eigenvalue weighted by atomic mass is 10.2. The maximum Gasteiger partial charge on any atom is 0.331 e. The summed E-state index contributed by atoms with van der Waals surface area (Å²) in [5, 5.41) is 3.53. The van der Waals surface area contributed by atoms with Crippen molar-refractivity contribution in [3.05, 3.63) is 69.7 Å². The molecule has 1 N–H and O–H groups in total. The van der Waals surface area contributed by atoms with E-state index in [0.717, 1.165) is 11.3 Å². The molecule has 1 amide bonds. The number of nitrogens with one attached hydrogen (secondary N) is 1. The normalized spacial score (nSPS) is 11.9. The highest BCUT2D eigenvalue weighted by atomic mass is 35.5. The minimum absolute atomic E-state index is 0.323. The van der Waals surface area contributed by atoms with Crippen LogP contribution in [0.25, 0.3) is 6.08 Å². The molecule has 5 nitrogen and oxygen atoms in total. The summed E-state index contributed by atoms with van der Waals surface area (Å²) in [6.07, 6.45) is 1.84. The average molecular weight is 408 g/mol. The van der Waals surface area contributed by atoms with Crippen molar-refractivity contribution in [1.29, 1.82) is 0 Å². The molecule has 27 heavy (non-hydrogen) atoms. The molecule has 2 rings (SSSR count). The van der Waals surface area contributed by atoms with Gasteiger partial charge in [-0.25, -0.2) is 4.79 Å². The molecule has 0 saturated carbocycles. The monoisotopic (exact) mass is 407 g/mol. The van der Waals surface area contributed by atoms with E-state index in [1.807, 2.05) is 12.1 Å². The average Bonchev–Trinajstić information content (AvgIpc) is 2.67. The first-order valence-electron chi connectivity index (χ1n) is 8.13. The summed E-state index contributed by atoms with van der Waals surface area (Å²) < 4.78 is 10.2. The van der Waals surface area contributed by atoms with Gasteiger partial charge in [0.25, 0.3) is 5.91 Å². The van der Waals surface area contributed by atoms with Crippen LogP contribution in [0.3, 0.4) is 0 Å². The number of amides is 1. The lowest BCUT2D eigenvalue weighted by Crippen LogP contribution is -2.35. The van der Waals surface area contributed by atoms with E-state index in [1.165, 1.54) is 19.1 Å². The largest absolute Gasteiger partial charge is 0.497 e. The van der Waals surface area contributed by atoms with Crippen molar-refractivity contribution >= 4 is 41.2 Å². The van der Waals surface area contributed by atoms with E-state index in [-0.39, 0.29) is 5.91 Å². The first-order valence-corrected chi connectivity index (χ1v) is 8.89. The van der Waals surface area contributed by atoms with Gasteiger partial charge in [0.15, 0.2) is 6.10 Å². The molecule has 0 unspecified atom stereocenters. The molecular formula is C20H19Cl2NO4. The number of methoxy groups -OCH3 is 1. The fourth-order valence-corrected chi connectivity index (χ4v) is 2.43. The summed E-state index contributed by atoms with van der Waals surface area (Å²) in [6, 6.07) is 12.3. The zero-order chi connectivity index (χ0) is 19.8. The fraction of sp³-hybridized carbons (Fsp3) is 0.200. The molecule has 0 aliphatic carbocycles. The predicted octanol–water partition coefficient (Wildman–Crippen LogP) is 4.26. The molecular weight excluding hydrogens is 389 g/mol. The van der Waals surface area contributed by atoms with Crippen LogP contribution in [0.4, 0.5) is 0 Å². The summed E-state index contributed by atoms with van der Waals surface area (Å²) in [5.41, 5.74) is 1.60. The van der Waals surface area contributed by atoms with E-state index >= 15 is 0 Å². The third-order valence-corrected chi connectivity index (χ3v) is 4.38. The second-order valence-electron chi connectivity index (χ2n) is 5.65. The molecule has 0 aromatic heterocycles.